The van der Waals surface area contributed by atoms with Crippen molar-refractivity contribution in [2.75, 3.05) is 37.0 Å². The number of aromatic nitrogens is 2. The first kappa shape index (κ1) is 17.0. The molecule has 1 fully saturated rings. The third-order valence-electron chi connectivity index (χ3n) is 4.84. The molecule has 0 aliphatic carbocycles. The molecule has 25 heavy (non-hydrogen) atoms. The van der Waals surface area contributed by atoms with Gasteiger partial charge in [-0.1, -0.05) is 12.1 Å². The maximum Gasteiger partial charge on any atom is 0.166 e. The van der Waals surface area contributed by atoms with Gasteiger partial charge in [0, 0.05) is 19.6 Å². The molecule has 2 heterocycles. The quantitative estimate of drug-likeness (QED) is 0.904. The van der Waals surface area contributed by atoms with Gasteiger partial charge in [0.15, 0.2) is 5.82 Å². The molecule has 1 aromatic carbocycles. The van der Waals surface area contributed by atoms with Crippen LogP contribution < -0.4 is 15.0 Å². The van der Waals surface area contributed by atoms with E-state index < -0.39 is 0 Å². The van der Waals surface area contributed by atoms with Gasteiger partial charge in [-0.2, -0.15) is 10.4 Å². The number of nitrogens with one attached hydrogen (secondary N) is 1. The van der Waals surface area contributed by atoms with Gasteiger partial charge in [-0.05, 0) is 43.9 Å². The molecule has 1 aromatic heterocycles. The number of para-hydroxylation sites is 2. The number of benzene rings is 1. The monoisotopic (exact) mass is 337 g/mol. The van der Waals surface area contributed by atoms with Crippen molar-refractivity contribution < 1.29 is 4.74 Å². The lowest BCUT2D eigenvalue weighted by molar-refractivity contribution is 0.414. The highest BCUT2D eigenvalue weighted by atomic mass is 16.5. The molecule has 0 radical (unpaired) electrons. The van der Waals surface area contributed by atoms with Gasteiger partial charge in [0.2, 0.25) is 0 Å². The average Bonchev–Trinajstić information content (AvgIpc) is 3.11. The van der Waals surface area contributed by atoms with Gasteiger partial charge in [0.25, 0.3) is 0 Å². The van der Waals surface area contributed by atoms with Gasteiger partial charge in [0.1, 0.15) is 17.4 Å². The fourth-order valence-electron chi connectivity index (χ4n) is 3.22. The van der Waals surface area contributed by atoms with E-state index >= 15 is 0 Å². The summed E-state index contributed by atoms with van der Waals surface area (Å²) in [7, 11) is 1.70. The summed E-state index contributed by atoms with van der Waals surface area (Å²) < 4.78 is 5.47. The van der Waals surface area contributed by atoms with Crippen molar-refractivity contribution in [3.05, 3.63) is 41.1 Å². The highest BCUT2D eigenvalue weighted by molar-refractivity contribution is 5.59. The summed E-state index contributed by atoms with van der Waals surface area (Å²) in [5.74, 6) is 1.98. The van der Waals surface area contributed by atoms with Crippen LogP contribution in [-0.2, 0) is 0 Å². The lowest BCUT2D eigenvalue weighted by atomic mass is 10.1. The number of ether oxygens (including phenoxy) is 1. The van der Waals surface area contributed by atoms with E-state index in [9.17, 15) is 5.26 Å². The summed E-state index contributed by atoms with van der Waals surface area (Å²) >= 11 is 0. The van der Waals surface area contributed by atoms with E-state index in [4.69, 9.17) is 4.74 Å². The molecule has 130 valence electrons. The first-order valence-electron chi connectivity index (χ1n) is 8.49. The maximum absolute atomic E-state index is 9.38. The Bertz CT molecular complexity index is 799. The smallest absolute Gasteiger partial charge is 0.166 e. The molecule has 1 unspecified atom stereocenters. The van der Waals surface area contributed by atoms with E-state index in [-0.39, 0.29) is 0 Å². The van der Waals surface area contributed by atoms with Crippen LogP contribution in [0.1, 0.15) is 23.2 Å². The molecular weight excluding hydrogens is 314 g/mol. The fraction of sp³-hybridized carbons (Fsp3) is 0.421. The number of anilines is 2. The van der Waals surface area contributed by atoms with E-state index in [1.165, 1.54) is 0 Å². The second kappa shape index (κ2) is 7.39. The second-order valence-corrected chi connectivity index (χ2v) is 6.40. The zero-order valence-electron chi connectivity index (χ0n) is 14.9. The fourth-order valence-corrected chi connectivity index (χ4v) is 3.22. The number of nitriles is 1. The zero-order valence-corrected chi connectivity index (χ0v) is 14.9. The summed E-state index contributed by atoms with van der Waals surface area (Å²) in [4.78, 5) is 2.35. The predicted octanol–water partition coefficient (Wildman–Crippen LogP) is 2.91. The van der Waals surface area contributed by atoms with Crippen molar-refractivity contribution in [2.45, 2.75) is 20.3 Å². The molecule has 1 saturated heterocycles. The zero-order chi connectivity index (χ0) is 17.8. The van der Waals surface area contributed by atoms with Crippen molar-refractivity contribution in [1.29, 1.82) is 5.26 Å². The van der Waals surface area contributed by atoms with Crippen LogP contribution >= 0.6 is 0 Å². The van der Waals surface area contributed by atoms with E-state index in [1.54, 1.807) is 7.11 Å². The minimum Gasteiger partial charge on any atom is -0.495 e. The van der Waals surface area contributed by atoms with Crippen LogP contribution in [0, 0.1) is 31.1 Å². The standard InChI is InChI=1S/C19H23N5O/c1-13-14(2)22-23-19(16(13)10-20)21-11-15-8-9-24(12-15)17-6-4-5-7-18(17)25-3/h4-7,15H,8-9,11-12H2,1-3H3,(H,21,23). The minimum absolute atomic E-state index is 0.486. The Morgan fingerprint density at radius 2 is 2.12 bits per heavy atom. The van der Waals surface area contributed by atoms with E-state index in [0.29, 0.717) is 17.3 Å². The second-order valence-electron chi connectivity index (χ2n) is 6.40. The summed E-state index contributed by atoms with van der Waals surface area (Å²) in [5, 5.41) is 21.0. The SMILES string of the molecule is COc1ccccc1N1CCC(CNc2nnc(C)c(C)c2C#N)C1. The molecule has 3 rings (SSSR count). The van der Waals surface area contributed by atoms with Gasteiger partial charge < -0.3 is 15.0 Å². The number of hydrogen-bond acceptors (Lipinski definition) is 6. The molecule has 1 aliphatic heterocycles. The van der Waals surface area contributed by atoms with Crippen LogP contribution in [0.15, 0.2) is 24.3 Å². The number of methoxy groups -OCH3 is 1. The number of rotatable bonds is 5. The van der Waals surface area contributed by atoms with Crippen molar-refractivity contribution >= 4 is 11.5 Å². The Balaban J connectivity index is 1.65. The van der Waals surface area contributed by atoms with Crippen molar-refractivity contribution in [3.63, 3.8) is 0 Å². The molecule has 0 bridgehead atoms. The van der Waals surface area contributed by atoms with Crippen LogP contribution in [0.4, 0.5) is 11.5 Å². The van der Waals surface area contributed by atoms with Crippen molar-refractivity contribution in [1.82, 2.24) is 10.2 Å². The third-order valence-corrected chi connectivity index (χ3v) is 4.84. The van der Waals surface area contributed by atoms with Gasteiger partial charge in [-0.25, -0.2) is 0 Å². The van der Waals surface area contributed by atoms with Gasteiger partial charge in [0.05, 0.1) is 18.5 Å². The Hall–Kier alpha value is -2.81. The minimum atomic E-state index is 0.486. The lowest BCUT2D eigenvalue weighted by Crippen LogP contribution is -2.23. The Labute approximate surface area is 148 Å². The van der Waals surface area contributed by atoms with E-state index in [0.717, 1.165) is 48.7 Å². The van der Waals surface area contributed by atoms with Gasteiger partial charge in [-0.15, -0.1) is 5.10 Å². The Morgan fingerprint density at radius 3 is 2.88 bits per heavy atom. The maximum atomic E-state index is 9.38. The van der Waals surface area contributed by atoms with Gasteiger partial charge in [-0.3, -0.25) is 0 Å². The molecule has 2 aromatic rings. The summed E-state index contributed by atoms with van der Waals surface area (Å²) in [5.41, 5.74) is 3.41. The predicted molar refractivity (Wildman–Crippen MR) is 98.0 cm³/mol. The molecule has 1 N–H and O–H groups in total. The largest absolute Gasteiger partial charge is 0.495 e. The van der Waals surface area contributed by atoms with Crippen LogP contribution in [0.5, 0.6) is 5.75 Å². The van der Waals surface area contributed by atoms with E-state index in [1.807, 2.05) is 32.0 Å². The molecule has 0 spiro atoms. The highest BCUT2D eigenvalue weighted by Gasteiger charge is 2.25. The van der Waals surface area contributed by atoms with Crippen molar-refractivity contribution in [3.8, 4) is 11.8 Å². The lowest BCUT2D eigenvalue weighted by Gasteiger charge is -2.21. The normalized spacial score (nSPS) is 16.6. The third kappa shape index (κ3) is 3.50. The molecule has 6 heteroatoms. The van der Waals surface area contributed by atoms with Crippen LogP contribution in [0.2, 0.25) is 0 Å². The first-order chi connectivity index (χ1) is 12.1. The molecule has 6 nitrogen and oxygen atoms in total. The number of aryl methyl sites for hydroxylation is 1. The van der Waals surface area contributed by atoms with Crippen molar-refractivity contribution in [2.24, 2.45) is 5.92 Å². The average molecular weight is 337 g/mol. The Kier molecular flexibility index (Phi) is 5.03. The molecule has 0 saturated carbocycles. The molecule has 1 aliphatic rings. The van der Waals surface area contributed by atoms with Crippen LogP contribution in [0.25, 0.3) is 0 Å². The molecular formula is C19H23N5O. The number of nitrogens with zero attached hydrogens (tertiary/aromatic N) is 4. The summed E-state index contributed by atoms with van der Waals surface area (Å²) in [6.07, 6.45) is 1.09. The van der Waals surface area contributed by atoms with Gasteiger partial charge >= 0.3 is 0 Å². The van der Waals surface area contributed by atoms with Crippen LogP contribution in [-0.4, -0.2) is 36.9 Å². The summed E-state index contributed by atoms with van der Waals surface area (Å²) in [6, 6.07) is 10.3. The van der Waals surface area contributed by atoms with Crippen LogP contribution in [0.3, 0.4) is 0 Å². The molecule has 1 atom stereocenters. The highest BCUT2D eigenvalue weighted by Crippen LogP contribution is 2.32. The summed E-state index contributed by atoms with van der Waals surface area (Å²) in [6.45, 7) is 6.50. The Morgan fingerprint density at radius 1 is 1.32 bits per heavy atom. The number of hydrogen-bond donors (Lipinski definition) is 1. The molecule has 0 amide bonds. The topological polar surface area (TPSA) is 74.1 Å². The first-order valence-corrected chi connectivity index (χ1v) is 8.49. The van der Waals surface area contributed by atoms with E-state index in [2.05, 4.69) is 32.5 Å².